The topological polar surface area (TPSA) is 30.5 Å². The van der Waals surface area contributed by atoms with E-state index in [0.29, 0.717) is 0 Å². The van der Waals surface area contributed by atoms with Crippen molar-refractivity contribution in [2.45, 2.75) is 83.9 Å². The molecule has 0 bridgehead atoms. The molecular weight excluding hydrogens is 354 g/mol. The van der Waals surface area contributed by atoms with Crippen LogP contribution in [0.1, 0.15) is 53.2 Å². The molecule has 1 atom stereocenters. The lowest BCUT2D eigenvalue weighted by atomic mass is 10.1. The number of hydrogen-bond donors (Lipinski definition) is 1. The highest BCUT2D eigenvalue weighted by atomic mass is 28.4. The highest BCUT2D eigenvalue weighted by Crippen LogP contribution is 2.41. The summed E-state index contributed by atoms with van der Waals surface area (Å²) in [5, 5.41) is 3.67. The van der Waals surface area contributed by atoms with Gasteiger partial charge in [-0.15, -0.1) is 0 Å². The van der Waals surface area contributed by atoms with E-state index in [1.54, 1.807) is 0 Å². The quantitative estimate of drug-likeness (QED) is 0.545. The molecule has 1 unspecified atom stereocenters. The highest BCUT2D eigenvalue weighted by molar-refractivity contribution is 6.75. The molecule has 0 aliphatic rings. The molecular formula is C21H41NO2Si2. The molecule has 1 rings (SSSR count). The first-order chi connectivity index (χ1) is 11.6. The molecule has 0 amide bonds. The lowest BCUT2D eigenvalue weighted by Gasteiger charge is -2.40. The zero-order valence-electron chi connectivity index (χ0n) is 18.9. The van der Waals surface area contributed by atoms with E-state index in [-0.39, 0.29) is 16.2 Å². The van der Waals surface area contributed by atoms with Crippen LogP contribution in [0.5, 0.6) is 5.75 Å². The maximum Gasteiger partial charge on any atom is 0.250 e. The van der Waals surface area contributed by atoms with Crippen LogP contribution in [0.3, 0.4) is 0 Å². The first kappa shape index (κ1) is 23.4. The molecule has 1 N–H and O–H groups in total. The molecule has 0 aliphatic heterocycles. The molecule has 26 heavy (non-hydrogen) atoms. The van der Waals surface area contributed by atoms with Crippen LogP contribution in [0.4, 0.5) is 0 Å². The first-order valence-corrected chi connectivity index (χ1v) is 15.5. The van der Waals surface area contributed by atoms with Crippen LogP contribution in [-0.4, -0.2) is 30.2 Å². The number of benzene rings is 1. The monoisotopic (exact) mass is 395 g/mol. The number of hydrogen-bond acceptors (Lipinski definition) is 3. The van der Waals surface area contributed by atoms with Crippen LogP contribution in [0.25, 0.3) is 0 Å². The normalized spacial score (nSPS) is 15.0. The van der Waals surface area contributed by atoms with Crippen LogP contribution in [0, 0.1) is 0 Å². The van der Waals surface area contributed by atoms with E-state index in [4.69, 9.17) is 8.85 Å². The Balaban J connectivity index is 3.11. The van der Waals surface area contributed by atoms with E-state index in [0.717, 1.165) is 12.3 Å². The molecule has 0 fully saturated rings. The zero-order chi connectivity index (χ0) is 20.4. The summed E-state index contributed by atoms with van der Waals surface area (Å²) in [6, 6.07) is 8.51. The molecule has 0 aliphatic carbocycles. The number of rotatable bonds is 7. The van der Waals surface area contributed by atoms with Crippen LogP contribution < -0.4 is 9.74 Å². The van der Waals surface area contributed by atoms with Gasteiger partial charge in [0.25, 0.3) is 0 Å². The molecule has 0 spiro atoms. The van der Waals surface area contributed by atoms with Crippen molar-refractivity contribution in [2.75, 3.05) is 13.6 Å². The fourth-order valence-corrected chi connectivity index (χ4v) is 4.48. The Morgan fingerprint density at radius 3 is 1.92 bits per heavy atom. The van der Waals surface area contributed by atoms with E-state index in [1.807, 2.05) is 7.05 Å². The highest BCUT2D eigenvalue weighted by Gasteiger charge is 2.40. The average Bonchev–Trinajstić information content (AvgIpc) is 2.44. The third kappa shape index (κ3) is 5.94. The summed E-state index contributed by atoms with van der Waals surface area (Å²) >= 11 is 0. The van der Waals surface area contributed by atoms with Gasteiger partial charge in [-0.05, 0) is 61.0 Å². The minimum absolute atomic E-state index is 0.0452. The largest absolute Gasteiger partial charge is 0.543 e. The summed E-state index contributed by atoms with van der Waals surface area (Å²) in [6.07, 6.45) is 0.0452. The van der Waals surface area contributed by atoms with Crippen molar-refractivity contribution in [3.63, 3.8) is 0 Å². The van der Waals surface area contributed by atoms with E-state index in [9.17, 15) is 0 Å². The van der Waals surface area contributed by atoms with Crippen molar-refractivity contribution >= 4 is 16.6 Å². The van der Waals surface area contributed by atoms with Crippen molar-refractivity contribution in [1.82, 2.24) is 5.32 Å². The van der Waals surface area contributed by atoms with Crippen LogP contribution in [0.15, 0.2) is 24.3 Å². The maximum atomic E-state index is 6.71. The Bertz CT molecular complexity index is 586. The second-order valence-corrected chi connectivity index (χ2v) is 19.8. The molecule has 1 aromatic carbocycles. The minimum atomic E-state index is -1.85. The van der Waals surface area contributed by atoms with Gasteiger partial charge in [0, 0.05) is 6.54 Å². The van der Waals surface area contributed by atoms with Crippen LogP contribution in [-0.2, 0) is 4.43 Å². The van der Waals surface area contributed by atoms with Crippen molar-refractivity contribution in [3.8, 4) is 5.75 Å². The summed E-state index contributed by atoms with van der Waals surface area (Å²) in [7, 11) is -1.72. The molecule has 150 valence electrons. The SMILES string of the molecule is CNCC(O[Si](C)(C)C(C)(C)C)c1cccc(O[Si](C)(C)C(C)(C)C)c1. The van der Waals surface area contributed by atoms with Gasteiger partial charge in [-0.1, -0.05) is 53.7 Å². The molecule has 3 nitrogen and oxygen atoms in total. The number of nitrogens with one attached hydrogen (secondary N) is 1. The van der Waals surface area contributed by atoms with E-state index < -0.39 is 16.6 Å². The molecule has 0 saturated carbocycles. The smallest absolute Gasteiger partial charge is 0.250 e. The summed E-state index contributed by atoms with van der Waals surface area (Å²) in [5.41, 5.74) is 1.19. The van der Waals surface area contributed by atoms with Crippen molar-refractivity contribution < 1.29 is 8.85 Å². The zero-order valence-corrected chi connectivity index (χ0v) is 20.9. The van der Waals surface area contributed by atoms with Crippen molar-refractivity contribution in [1.29, 1.82) is 0 Å². The molecule has 0 saturated heterocycles. The van der Waals surface area contributed by atoms with Crippen LogP contribution in [0.2, 0.25) is 36.3 Å². The third-order valence-electron chi connectivity index (χ3n) is 6.04. The van der Waals surface area contributed by atoms with E-state index in [1.165, 1.54) is 5.56 Å². The summed E-state index contributed by atoms with van der Waals surface area (Å²) in [5.74, 6) is 0.967. The Hall–Kier alpha value is -0.626. The van der Waals surface area contributed by atoms with Crippen molar-refractivity contribution in [2.24, 2.45) is 0 Å². The van der Waals surface area contributed by atoms with E-state index >= 15 is 0 Å². The van der Waals surface area contributed by atoms with Gasteiger partial charge >= 0.3 is 0 Å². The second-order valence-electron chi connectivity index (χ2n) is 10.4. The van der Waals surface area contributed by atoms with Crippen LogP contribution >= 0.6 is 0 Å². The van der Waals surface area contributed by atoms with Gasteiger partial charge in [0.1, 0.15) is 5.75 Å². The predicted octanol–water partition coefficient (Wildman–Crippen LogP) is 6.35. The Morgan fingerprint density at radius 2 is 1.46 bits per heavy atom. The predicted molar refractivity (Wildman–Crippen MR) is 119 cm³/mol. The standard InChI is InChI=1S/C21H41NO2Si2/c1-20(2,3)25(8,9)23-18-14-12-13-17(15-18)19(16-22-7)24-26(10,11)21(4,5)6/h12-15,19,22H,16H2,1-11H3. The lowest BCUT2D eigenvalue weighted by molar-refractivity contribution is 0.183. The van der Waals surface area contributed by atoms with Gasteiger partial charge in [0.05, 0.1) is 6.10 Å². The van der Waals surface area contributed by atoms with Gasteiger partial charge in [0.15, 0.2) is 8.32 Å². The van der Waals surface area contributed by atoms with Crippen molar-refractivity contribution in [3.05, 3.63) is 29.8 Å². The summed E-state index contributed by atoms with van der Waals surface area (Å²) in [6.45, 7) is 23.7. The number of likely N-dealkylation sites (N-methyl/N-ethyl adjacent to an activating group) is 1. The Morgan fingerprint density at radius 1 is 0.923 bits per heavy atom. The van der Waals surface area contributed by atoms with Gasteiger partial charge in [-0.3, -0.25) is 0 Å². The van der Waals surface area contributed by atoms with Gasteiger partial charge < -0.3 is 14.2 Å². The molecule has 5 heteroatoms. The first-order valence-electron chi connectivity index (χ1n) is 9.72. The fraction of sp³-hybridized carbons (Fsp3) is 0.714. The Labute approximate surface area is 164 Å². The van der Waals surface area contributed by atoms with E-state index in [2.05, 4.69) is 97.3 Å². The second kappa shape index (κ2) is 8.17. The maximum absolute atomic E-state index is 6.71. The van der Waals surface area contributed by atoms with Gasteiger partial charge in [-0.2, -0.15) is 0 Å². The van der Waals surface area contributed by atoms with Gasteiger partial charge in [-0.25, -0.2) is 0 Å². The fourth-order valence-electron chi connectivity index (χ4n) is 2.17. The summed E-state index contributed by atoms with van der Waals surface area (Å²) < 4.78 is 13.2. The Kier molecular flexibility index (Phi) is 7.36. The molecule has 1 aromatic rings. The molecule has 0 aromatic heterocycles. The summed E-state index contributed by atoms with van der Waals surface area (Å²) in [4.78, 5) is 0. The van der Waals surface area contributed by atoms with Gasteiger partial charge in [0.2, 0.25) is 8.32 Å². The minimum Gasteiger partial charge on any atom is -0.543 e. The lowest BCUT2D eigenvalue weighted by Crippen LogP contribution is -2.44. The average molecular weight is 396 g/mol. The third-order valence-corrected chi connectivity index (χ3v) is 14.9. The molecule has 0 radical (unpaired) electrons. The molecule has 0 heterocycles.